The molecular formula is C25H27FN6O5S. The average Bonchev–Trinajstić information content (AvgIpc) is 3.13. The summed E-state index contributed by atoms with van der Waals surface area (Å²) in [6, 6.07) is 7.36. The highest BCUT2D eigenvalue weighted by molar-refractivity contribution is 7.89. The van der Waals surface area contributed by atoms with Crippen LogP contribution in [0.1, 0.15) is 38.1 Å². The maximum Gasteiger partial charge on any atom is 0.410 e. The number of pyridine rings is 2. The number of likely N-dealkylation sites (tertiary alicyclic amines) is 1. The minimum absolute atomic E-state index is 0.107. The highest BCUT2D eigenvalue weighted by Gasteiger charge is 2.37. The molecule has 1 aliphatic rings. The maximum atomic E-state index is 14.7. The zero-order valence-corrected chi connectivity index (χ0v) is 22.1. The van der Waals surface area contributed by atoms with E-state index in [-0.39, 0.29) is 12.5 Å². The van der Waals surface area contributed by atoms with E-state index in [4.69, 9.17) is 19.6 Å². The molecule has 0 atom stereocenters. The van der Waals surface area contributed by atoms with Crippen molar-refractivity contribution in [1.82, 2.24) is 24.4 Å². The van der Waals surface area contributed by atoms with Gasteiger partial charge in [-0.25, -0.2) is 32.7 Å². The summed E-state index contributed by atoms with van der Waals surface area (Å²) in [6.45, 7) is 6.40. The van der Waals surface area contributed by atoms with Gasteiger partial charge in [-0.2, -0.15) is 4.98 Å². The number of nitrogens with zero attached hydrogens (tertiary/aromatic N) is 5. The Labute approximate surface area is 218 Å². The van der Waals surface area contributed by atoms with E-state index in [0.717, 1.165) is 17.6 Å². The number of imidazole rings is 1. The minimum atomic E-state index is -4.20. The number of fused-ring (bicyclic) bond motifs is 3. The molecule has 1 saturated heterocycles. The molecule has 0 bridgehead atoms. The van der Waals surface area contributed by atoms with E-state index in [9.17, 15) is 17.6 Å². The predicted molar refractivity (Wildman–Crippen MR) is 137 cm³/mol. The van der Waals surface area contributed by atoms with E-state index in [1.54, 1.807) is 17.2 Å². The van der Waals surface area contributed by atoms with Gasteiger partial charge in [0.05, 0.1) is 24.7 Å². The minimum Gasteiger partial charge on any atom is -0.481 e. The Kier molecular flexibility index (Phi) is 6.22. The van der Waals surface area contributed by atoms with Gasteiger partial charge >= 0.3 is 6.09 Å². The van der Waals surface area contributed by atoms with E-state index < -0.39 is 32.4 Å². The third-order valence-corrected chi connectivity index (χ3v) is 7.13. The van der Waals surface area contributed by atoms with Crippen LogP contribution in [-0.2, 0) is 21.3 Å². The van der Waals surface area contributed by atoms with Gasteiger partial charge in [0, 0.05) is 31.1 Å². The van der Waals surface area contributed by atoms with Crippen LogP contribution < -0.4 is 9.88 Å². The number of methoxy groups -OCH3 is 1. The molecule has 0 aliphatic carbocycles. The molecule has 1 fully saturated rings. The van der Waals surface area contributed by atoms with Gasteiger partial charge in [-0.3, -0.25) is 0 Å². The summed E-state index contributed by atoms with van der Waals surface area (Å²) < 4.78 is 50.6. The van der Waals surface area contributed by atoms with Crippen molar-refractivity contribution in [2.75, 3.05) is 20.2 Å². The van der Waals surface area contributed by atoms with Crippen molar-refractivity contribution in [2.45, 2.75) is 43.7 Å². The van der Waals surface area contributed by atoms with Gasteiger partial charge < -0.3 is 18.9 Å². The number of ether oxygens (including phenoxy) is 2. The highest BCUT2D eigenvalue weighted by atomic mass is 32.2. The van der Waals surface area contributed by atoms with Crippen LogP contribution in [-0.4, -0.2) is 64.7 Å². The van der Waals surface area contributed by atoms with Gasteiger partial charge in [-0.15, -0.1) is 0 Å². The van der Waals surface area contributed by atoms with Crippen LogP contribution in [0.15, 0.2) is 41.4 Å². The number of aromatic nitrogens is 4. The Bertz CT molecular complexity index is 1680. The zero-order chi connectivity index (χ0) is 27.4. The molecule has 0 spiro atoms. The first-order chi connectivity index (χ1) is 17.8. The van der Waals surface area contributed by atoms with Crippen molar-refractivity contribution in [2.24, 2.45) is 5.14 Å². The summed E-state index contributed by atoms with van der Waals surface area (Å²) in [5, 5.41) is 5.83. The smallest absolute Gasteiger partial charge is 0.410 e. The van der Waals surface area contributed by atoms with Gasteiger partial charge in [0.15, 0.2) is 5.65 Å². The van der Waals surface area contributed by atoms with Crippen LogP contribution in [0, 0.1) is 5.82 Å². The van der Waals surface area contributed by atoms with Crippen LogP contribution in [0.2, 0.25) is 0 Å². The first-order valence-electron chi connectivity index (χ1n) is 11.8. The summed E-state index contributed by atoms with van der Waals surface area (Å²) in [4.78, 5) is 27.2. The molecule has 0 saturated carbocycles. The van der Waals surface area contributed by atoms with Crippen LogP contribution in [0.25, 0.3) is 22.1 Å². The monoisotopic (exact) mass is 542 g/mol. The van der Waals surface area contributed by atoms with Crippen LogP contribution in [0.5, 0.6) is 5.88 Å². The second-order valence-electron chi connectivity index (χ2n) is 10.2. The number of carbonyl (C=O) groups is 1. The second-order valence-corrected chi connectivity index (χ2v) is 11.7. The van der Waals surface area contributed by atoms with Crippen LogP contribution >= 0.6 is 0 Å². The van der Waals surface area contributed by atoms with E-state index in [2.05, 4.69) is 9.97 Å². The molecule has 1 aromatic carbocycles. The standard InChI is InChI=1S/C25H27FN6O5S/c1-25(2,3)37-24(33)31-12-15(13-31)23-29-18-10-28-22-16(6-8-20(30-22)36-4)21(18)32(23)11-14-5-7-19(17(26)9-14)38(27,34)35/h5-10,15H,11-13H2,1-4H3,(H2,27,34,35). The molecule has 4 aromatic rings. The number of halogens is 1. The lowest BCUT2D eigenvalue weighted by molar-refractivity contribution is 0.00730. The molecule has 38 heavy (non-hydrogen) atoms. The third-order valence-electron chi connectivity index (χ3n) is 6.19. The summed E-state index contributed by atoms with van der Waals surface area (Å²) in [5.74, 6) is 0.0440. The fourth-order valence-electron chi connectivity index (χ4n) is 4.46. The first kappa shape index (κ1) is 25.8. The van der Waals surface area contributed by atoms with Gasteiger partial charge in [-0.05, 0) is 44.5 Å². The van der Waals surface area contributed by atoms with Crippen molar-refractivity contribution in [3.8, 4) is 5.88 Å². The third kappa shape index (κ3) is 4.86. The number of carbonyl (C=O) groups excluding carboxylic acids is 1. The fraction of sp³-hybridized carbons (Fsp3) is 0.360. The molecule has 4 heterocycles. The highest BCUT2D eigenvalue weighted by Crippen LogP contribution is 2.34. The SMILES string of the molecule is COc1ccc2c(ncc3nc(C4CN(C(=O)OC(C)(C)C)C4)n(Cc4ccc(S(N)(=O)=O)c(F)c4)c32)n1. The van der Waals surface area contributed by atoms with Gasteiger partial charge in [0.1, 0.15) is 27.7 Å². The molecule has 0 unspecified atom stereocenters. The molecular weight excluding hydrogens is 515 g/mol. The van der Waals surface area contributed by atoms with E-state index in [0.29, 0.717) is 46.9 Å². The first-order valence-corrected chi connectivity index (χ1v) is 13.4. The zero-order valence-electron chi connectivity index (χ0n) is 21.3. The molecule has 2 N–H and O–H groups in total. The number of nitrogens with two attached hydrogens (primary N) is 1. The van der Waals surface area contributed by atoms with Gasteiger partial charge in [-0.1, -0.05) is 6.07 Å². The Balaban J connectivity index is 1.57. The summed E-state index contributed by atoms with van der Waals surface area (Å²) in [5.41, 5.74) is 1.68. The van der Waals surface area contributed by atoms with E-state index >= 15 is 0 Å². The van der Waals surface area contributed by atoms with Crippen molar-refractivity contribution in [1.29, 1.82) is 0 Å². The Morgan fingerprint density at radius 1 is 1.18 bits per heavy atom. The van der Waals surface area contributed by atoms with Gasteiger partial charge in [0.2, 0.25) is 15.9 Å². The Morgan fingerprint density at radius 3 is 2.55 bits per heavy atom. The molecule has 1 amide bonds. The van der Waals surface area contributed by atoms with Crippen LogP contribution in [0.3, 0.4) is 0 Å². The maximum absolute atomic E-state index is 14.7. The summed E-state index contributed by atoms with van der Waals surface area (Å²) in [7, 11) is -2.68. The van der Waals surface area contributed by atoms with Crippen molar-refractivity contribution < 1.29 is 27.1 Å². The molecule has 3 aromatic heterocycles. The normalized spacial score (nSPS) is 14.6. The number of amides is 1. The molecule has 11 nitrogen and oxygen atoms in total. The number of rotatable bonds is 5. The van der Waals surface area contributed by atoms with Crippen LogP contribution in [0.4, 0.5) is 9.18 Å². The number of primary sulfonamides is 1. The number of benzene rings is 1. The van der Waals surface area contributed by atoms with Gasteiger partial charge in [0.25, 0.3) is 0 Å². The topological polar surface area (TPSA) is 143 Å². The fourth-order valence-corrected chi connectivity index (χ4v) is 5.05. The summed E-state index contributed by atoms with van der Waals surface area (Å²) >= 11 is 0. The number of sulfonamides is 1. The molecule has 1 aliphatic heterocycles. The van der Waals surface area contributed by atoms with E-state index in [1.165, 1.54) is 13.2 Å². The average molecular weight is 543 g/mol. The molecule has 5 rings (SSSR count). The number of hydrogen-bond acceptors (Lipinski definition) is 8. The summed E-state index contributed by atoms with van der Waals surface area (Å²) in [6.07, 6.45) is 1.21. The predicted octanol–water partition coefficient (Wildman–Crippen LogP) is 3.16. The Morgan fingerprint density at radius 2 is 1.92 bits per heavy atom. The second kappa shape index (κ2) is 9.17. The van der Waals surface area contributed by atoms with Crippen molar-refractivity contribution in [3.05, 3.63) is 53.7 Å². The lowest BCUT2D eigenvalue weighted by Gasteiger charge is -2.39. The largest absolute Gasteiger partial charge is 0.481 e. The lowest BCUT2D eigenvalue weighted by atomic mass is 9.99. The quantitative estimate of drug-likeness (QED) is 0.405. The number of hydrogen-bond donors (Lipinski definition) is 1. The van der Waals surface area contributed by atoms with Crippen molar-refractivity contribution >= 4 is 38.2 Å². The molecule has 13 heteroatoms. The molecule has 0 radical (unpaired) electrons. The molecule has 200 valence electrons. The van der Waals surface area contributed by atoms with Crippen molar-refractivity contribution in [3.63, 3.8) is 0 Å². The Hall–Kier alpha value is -3.84. The lowest BCUT2D eigenvalue weighted by Crippen LogP contribution is -2.51. The van der Waals surface area contributed by atoms with E-state index in [1.807, 2.05) is 31.4 Å².